The van der Waals surface area contributed by atoms with Gasteiger partial charge < -0.3 is 5.32 Å². The fraction of sp³-hybridized carbons (Fsp3) is 1.00. The molecule has 6 heteroatoms. The molecule has 1 aliphatic carbocycles. The van der Waals surface area contributed by atoms with Gasteiger partial charge in [0.25, 0.3) is 0 Å². The molecule has 0 aromatic carbocycles. The first-order valence-electron chi connectivity index (χ1n) is 7.80. The molecule has 0 aromatic rings. The van der Waals surface area contributed by atoms with Crippen molar-refractivity contribution in [3.05, 3.63) is 0 Å². The molecule has 1 saturated carbocycles. The number of rotatable bonds is 6. The number of hydrogen-bond acceptors (Lipinski definition) is 4. The number of thioether (sulfide) groups is 1. The normalized spacial score (nSPS) is 32.6. The average molecular weight is 321 g/mol. The van der Waals surface area contributed by atoms with Crippen LogP contribution in [-0.4, -0.2) is 55.7 Å². The fourth-order valence-electron chi connectivity index (χ4n) is 3.39. The van der Waals surface area contributed by atoms with Gasteiger partial charge in [0, 0.05) is 24.4 Å². The van der Waals surface area contributed by atoms with Crippen molar-refractivity contribution in [2.45, 2.75) is 50.3 Å². The highest BCUT2D eigenvalue weighted by Crippen LogP contribution is 2.30. The summed E-state index contributed by atoms with van der Waals surface area (Å²) in [5.41, 5.74) is 0. The van der Waals surface area contributed by atoms with E-state index >= 15 is 0 Å². The van der Waals surface area contributed by atoms with Crippen LogP contribution in [0.1, 0.15) is 39.0 Å². The van der Waals surface area contributed by atoms with E-state index in [9.17, 15) is 8.42 Å². The molecule has 0 bridgehead atoms. The summed E-state index contributed by atoms with van der Waals surface area (Å²) in [7, 11) is -3.01. The average Bonchev–Trinajstić information content (AvgIpc) is 2.84. The lowest BCUT2D eigenvalue weighted by atomic mass is 9.99. The Hall–Kier alpha value is 0.220. The van der Waals surface area contributed by atoms with Gasteiger partial charge in [0.05, 0.1) is 6.26 Å². The molecule has 1 aliphatic heterocycles. The molecule has 2 aliphatic rings. The smallest absolute Gasteiger partial charge is 0.211 e. The van der Waals surface area contributed by atoms with Crippen molar-refractivity contribution in [2.24, 2.45) is 5.92 Å². The predicted molar refractivity (Wildman–Crippen MR) is 86.7 cm³/mol. The van der Waals surface area contributed by atoms with Crippen LogP contribution in [0.5, 0.6) is 0 Å². The van der Waals surface area contributed by atoms with Crippen molar-refractivity contribution >= 4 is 21.8 Å². The minimum absolute atomic E-state index is 0.478. The van der Waals surface area contributed by atoms with Gasteiger partial charge >= 0.3 is 0 Å². The summed E-state index contributed by atoms with van der Waals surface area (Å²) < 4.78 is 24.9. The molecule has 1 saturated heterocycles. The second-order valence-electron chi connectivity index (χ2n) is 6.07. The van der Waals surface area contributed by atoms with Gasteiger partial charge in [-0.3, -0.25) is 0 Å². The molecule has 1 N–H and O–H groups in total. The van der Waals surface area contributed by atoms with Gasteiger partial charge in [0.1, 0.15) is 0 Å². The topological polar surface area (TPSA) is 49.4 Å². The number of nitrogens with one attached hydrogen (secondary N) is 1. The third kappa shape index (κ3) is 4.61. The Morgan fingerprint density at radius 2 is 2.05 bits per heavy atom. The van der Waals surface area contributed by atoms with Crippen molar-refractivity contribution in [1.82, 2.24) is 9.62 Å². The molecule has 4 nitrogen and oxygen atoms in total. The minimum atomic E-state index is -3.01. The van der Waals surface area contributed by atoms with E-state index in [0.29, 0.717) is 25.0 Å². The summed E-state index contributed by atoms with van der Waals surface area (Å²) in [5.74, 6) is 1.67. The summed E-state index contributed by atoms with van der Waals surface area (Å²) in [6.45, 7) is 4.60. The number of nitrogens with zero attached hydrogens (tertiary/aromatic N) is 1. The van der Waals surface area contributed by atoms with Crippen molar-refractivity contribution in [3.63, 3.8) is 0 Å². The molecular weight excluding hydrogens is 292 g/mol. The standard InChI is InChI=1S/C14H28N2O2S2/c1-3-19-14-8-4-7-13(14)15-10-12-6-5-9-16(11-12)20(2,17)18/h12-15H,3-11H2,1-2H3. The van der Waals surface area contributed by atoms with Gasteiger partial charge in [-0.15, -0.1) is 0 Å². The molecular formula is C14H28N2O2S2. The van der Waals surface area contributed by atoms with Gasteiger partial charge in [-0.2, -0.15) is 11.8 Å². The van der Waals surface area contributed by atoms with Crippen LogP contribution < -0.4 is 5.32 Å². The lowest BCUT2D eigenvalue weighted by molar-refractivity contribution is 0.256. The van der Waals surface area contributed by atoms with Gasteiger partial charge in [-0.25, -0.2) is 12.7 Å². The van der Waals surface area contributed by atoms with Crippen molar-refractivity contribution in [2.75, 3.05) is 31.6 Å². The molecule has 3 atom stereocenters. The maximum atomic E-state index is 11.6. The molecule has 0 spiro atoms. The van der Waals surface area contributed by atoms with Crippen LogP contribution >= 0.6 is 11.8 Å². The Bertz CT molecular complexity index is 400. The highest BCUT2D eigenvalue weighted by atomic mass is 32.2. The molecule has 118 valence electrons. The maximum Gasteiger partial charge on any atom is 0.211 e. The number of piperidine rings is 1. The summed E-state index contributed by atoms with van der Waals surface area (Å²) >= 11 is 2.07. The largest absolute Gasteiger partial charge is 0.313 e. The Balaban J connectivity index is 1.79. The lowest BCUT2D eigenvalue weighted by Gasteiger charge is -2.32. The molecule has 2 rings (SSSR count). The minimum Gasteiger partial charge on any atom is -0.313 e. The molecule has 2 fully saturated rings. The van der Waals surface area contributed by atoms with Gasteiger partial charge in [-0.1, -0.05) is 13.3 Å². The Labute approximate surface area is 128 Å². The highest BCUT2D eigenvalue weighted by molar-refractivity contribution is 7.99. The quantitative estimate of drug-likeness (QED) is 0.812. The molecule has 0 amide bonds. The van der Waals surface area contributed by atoms with Gasteiger partial charge in [-0.05, 0) is 43.9 Å². The van der Waals surface area contributed by atoms with Crippen molar-refractivity contribution in [3.8, 4) is 0 Å². The molecule has 0 radical (unpaired) electrons. The zero-order chi connectivity index (χ0) is 14.6. The van der Waals surface area contributed by atoms with Crippen LogP contribution in [-0.2, 0) is 10.0 Å². The first-order valence-corrected chi connectivity index (χ1v) is 10.7. The van der Waals surface area contributed by atoms with E-state index in [1.807, 2.05) is 0 Å². The van der Waals surface area contributed by atoms with E-state index in [1.54, 1.807) is 4.31 Å². The highest BCUT2D eigenvalue weighted by Gasteiger charge is 2.29. The maximum absolute atomic E-state index is 11.6. The number of hydrogen-bond donors (Lipinski definition) is 1. The SMILES string of the molecule is CCSC1CCCC1NCC1CCCN(S(C)(=O)=O)C1. The first-order chi connectivity index (χ1) is 9.50. The summed E-state index contributed by atoms with van der Waals surface area (Å²) in [4.78, 5) is 0. The molecule has 3 unspecified atom stereocenters. The molecule has 1 heterocycles. The van der Waals surface area contributed by atoms with E-state index in [-0.39, 0.29) is 0 Å². The van der Waals surface area contributed by atoms with E-state index in [0.717, 1.165) is 24.6 Å². The molecule has 20 heavy (non-hydrogen) atoms. The zero-order valence-corrected chi connectivity index (χ0v) is 14.3. The summed E-state index contributed by atoms with van der Waals surface area (Å²) in [6, 6.07) is 0.633. The van der Waals surface area contributed by atoms with Crippen LogP contribution in [0.15, 0.2) is 0 Å². The lowest BCUT2D eigenvalue weighted by Crippen LogP contribution is -2.45. The van der Waals surface area contributed by atoms with Crippen LogP contribution in [0.4, 0.5) is 0 Å². The summed E-state index contributed by atoms with van der Waals surface area (Å²) in [5, 5.41) is 4.47. The van der Waals surface area contributed by atoms with Crippen LogP contribution in [0.2, 0.25) is 0 Å². The van der Waals surface area contributed by atoms with E-state index in [2.05, 4.69) is 24.0 Å². The Morgan fingerprint density at radius 1 is 1.25 bits per heavy atom. The summed E-state index contributed by atoms with van der Waals surface area (Å²) in [6.07, 6.45) is 7.41. The predicted octanol–water partition coefficient (Wildman–Crippen LogP) is 1.92. The van der Waals surface area contributed by atoms with Crippen LogP contribution in [0.25, 0.3) is 0 Å². The van der Waals surface area contributed by atoms with Crippen LogP contribution in [0, 0.1) is 5.92 Å². The van der Waals surface area contributed by atoms with Crippen LogP contribution in [0.3, 0.4) is 0 Å². The van der Waals surface area contributed by atoms with Crippen molar-refractivity contribution in [1.29, 1.82) is 0 Å². The Kier molecular flexibility index (Phi) is 6.20. The van der Waals surface area contributed by atoms with E-state index < -0.39 is 10.0 Å². The first kappa shape index (κ1) is 16.6. The fourth-order valence-corrected chi connectivity index (χ4v) is 5.55. The monoisotopic (exact) mass is 320 g/mol. The second-order valence-corrected chi connectivity index (χ2v) is 9.57. The second kappa shape index (κ2) is 7.47. The zero-order valence-electron chi connectivity index (χ0n) is 12.7. The third-order valence-corrected chi connectivity index (χ3v) is 7.05. The number of sulfonamides is 1. The van der Waals surface area contributed by atoms with Gasteiger partial charge in [0.15, 0.2) is 0 Å². The van der Waals surface area contributed by atoms with Gasteiger partial charge in [0.2, 0.25) is 10.0 Å². The van der Waals surface area contributed by atoms with E-state index in [4.69, 9.17) is 0 Å². The van der Waals surface area contributed by atoms with Crippen molar-refractivity contribution < 1.29 is 8.42 Å². The molecule has 0 aromatic heterocycles. The third-order valence-electron chi connectivity index (χ3n) is 4.45. The van der Waals surface area contributed by atoms with E-state index in [1.165, 1.54) is 31.3 Å². The Morgan fingerprint density at radius 3 is 2.75 bits per heavy atom.